The number of esters is 1. The number of rotatable bonds is 10. The van der Waals surface area contributed by atoms with Crippen LogP contribution in [0.1, 0.15) is 45.1 Å². The number of thioether (sulfide) groups is 1. The van der Waals surface area contributed by atoms with Crippen molar-refractivity contribution in [1.82, 2.24) is 20.1 Å². The Morgan fingerprint density at radius 2 is 1.86 bits per heavy atom. The van der Waals surface area contributed by atoms with Gasteiger partial charge in [-0.15, -0.1) is 16.8 Å². The van der Waals surface area contributed by atoms with Gasteiger partial charge in [0.15, 0.2) is 11.0 Å². The molecular weight excluding hydrogens is 466 g/mol. The zero-order chi connectivity index (χ0) is 25.4. The van der Waals surface area contributed by atoms with Crippen LogP contribution in [0.25, 0.3) is 0 Å². The van der Waals surface area contributed by atoms with Gasteiger partial charge in [0.2, 0.25) is 5.91 Å². The highest BCUT2D eigenvalue weighted by atomic mass is 32.2. The number of carbonyl (C=O) groups excluding carboxylic acids is 3. The van der Waals surface area contributed by atoms with Crippen molar-refractivity contribution in [2.45, 2.75) is 31.6 Å². The number of carbonyl (C=O) groups is 3. The summed E-state index contributed by atoms with van der Waals surface area (Å²) in [5.41, 5.74) is 2.43. The van der Waals surface area contributed by atoms with Crippen molar-refractivity contribution < 1.29 is 19.1 Å². The number of ether oxygens (including phenoxy) is 1. The molecule has 1 atom stereocenters. The van der Waals surface area contributed by atoms with E-state index in [9.17, 15) is 14.4 Å². The van der Waals surface area contributed by atoms with Gasteiger partial charge in [0.05, 0.1) is 24.5 Å². The van der Waals surface area contributed by atoms with E-state index in [1.54, 1.807) is 36.4 Å². The number of nitrogens with one attached hydrogen (secondary N) is 2. The predicted octanol–water partition coefficient (Wildman–Crippen LogP) is 3.78. The number of amides is 2. The van der Waals surface area contributed by atoms with Crippen molar-refractivity contribution in [3.63, 3.8) is 0 Å². The van der Waals surface area contributed by atoms with E-state index in [1.165, 1.54) is 18.9 Å². The second-order valence-electron chi connectivity index (χ2n) is 7.66. The Labute approximate surface area is 208 Å². The van der Waals surface area contributed by atoms with Crippen LogP contribution in [0.4, 0.5) is 5.69 Å². The highest BCUT2D eigenvalue weighted by Crippen LogP contribution is 2.22. The molecule has 3 rings (SSSR count). The third-order valence-corrected chi connectivity index (χ3v) is 6.07. The molecule has 2 amide bonds. The molecule has 0 aliphatic rings. The van der Waals surface area contributed by atoms with Crippen LogP contribution in [0.5, 0.6) is 0 Å². The third-order valence-electron chi connectivity index (χ3n) is 5.10. The van der Waals surface area contributed by atoms with E-state index in [1.807, 2.05) is 36.6 Å². The van der Waals surface area contributed by atoms with Gasteiger partial charge in [-0.25, -0.2) is 4.79 Å². The Morgan fingerprint density at radius 3 is 2.51 bits per heavy atom. The second kappa shape index (κ2) is 12.0. The Balaban J connectivity index is 1.64. The Bertz CT molecular complexity index is 1220. The topological polar surface area (TPSA) is 115 Å². The summed E-state index contributed by atoms with van der Waals surface area (Å²) < 4.78 is 6.49. The molecule has 0 radical (unpaired) electrons. The number of anilines is 1. The summed E-state index contributed by atoms with van der Waals surface area (Å²) in [6, 6.07) is 13.4. The van der Waals surface area contributed by atoms with Gasteiger partial charge < -0.3 is 19.9 Å². The molecule has 0 aliphatic heterocycles. The number of methoxy groups -OCH3 is 1. The third kappa shape index (κ3) is 6.57. The highest BCUT2D eigenvalue weighted by molar-refractivity contribution is 7.99. The molecule has 2 N–H and O–H groups in total. The lowest BCUT2D eigenvalue weighted by atomic mass is 10.1. The van der Waals surface area contributed by atoms with E-state index in [-0.39, 0.29) is 17.6 Å². The van der Waals surface area contributed by atoms with Crippen LogP contribution in [0.2, 0.25) is 0 Å². The Morgan fingerprint density at radius 1 is 1.14 bits per heavy atom. The minimum absolute atomic E-state index is 0.0952. The molecule has 2 aromatic carbocycles. The molecule has 35 heavy (non-hydrogen) atoms. The summed E-state index contributed by atoms with van der Waals surface area (Å²) in [6.45, 7) is 7.93. The molecule has 0 fully saturated rings. The zero-order valence-electron chi connectivity index (χ0n) is 19.8. The summed E-state index contributed by atoms with van der Waals surface area (Å²) in [5, 5.41) is 14.7. The average Bonchev–Trinajstić information content (AvgIpc) is 3.25. The summed E-state index contributed by atoms with van der Waals surface area (Å²) in [7, 11) is 1.31. The first-order valence-corrected chi connectivity index (χ1v) is 11.8. The number of hydrogen-bond acceptors (Lipinski definition) is 7. The number of hydrogen-bond donors (Lipinski definition) is 2. The number of nitrogens with zero attached hydrogens (tertiary/aromatic N) is 3. The van der Waals surface area contributed by atoms with Crippen LogP contribution in [-0.4, -0.2) is 45.4 Å². The van der Waals surface area contributed by atoms with Crippen molar-refractivity contribution in [1.29, 1.82) is 0 Å². The lowest BCUT2D eigenvalue weighted by Crippen LogP contribution is -2.29. The maximum Gasteiger partial charge on any atom is 0.337 e. The van der Waals surface area contributed by atoms with Crippen molar-refractivity contribution in [3.8, 4) is 0 Å². The number of aromatic nitrogens is 3. The summed E-state index contributed by atoms with van der Waals surface area (Å²) >= 11 is 1.22. The normalized spacial score (nSPS) is 11.4. The average molecular weight is 494 g/mol. The summed E-state index contributed by atoms with van der Waals surface area (Å²) in [6.07, 6.45) is 1.70. The van der Waals surface area contributed by atoms with E-state index < -0.39 is 12.0 Å². The lowest BCUT2D eigenvalue weighted by Gasteiger charge is -2.16. The minimum Gasteiger partial charge on any atom is -0.465 e. The lowest BCUT2D eigenvalue weighted by molar-refractivity contribution is -0.113. The molecule has 0 unspecified atom stereocenters. The van der Waals surface area contributed by atoms with Gasteiger partial charge in [-0.2, -0.15) is 0 Å². The maximum atomic E-state index is 12.7. The molecule has 0 saturated carbocycles. The molecule has 9 nitrogen and oxygen atoms in total. The van der Waals surface area contributed by atoms with Crippen LogP contribution in [-0.2, 0) is 16.1 Å². The van der Waals surface area contributed by atoms with E-state index in [2.05, 4.69) is 32.1 Å². The Kier molecular flexibility index (Phi) is 8.80. The van der Waals surface area contributed by atoms with Crippen molar-refractivity contribution in [2.75, 3.05) is 18.2 Å². The van der Waals surface area contributed by atoms with Gasteiger partial charge >= 0.3 is 5.97 Å². The first kappa shape index (κ1) is 25.7. The van der Waals surface area contributed by atoms with E-state index >= 15 is 0 Å². The van der Waals surface area contributed by atoms with Gasteiger partial charge in [0, 0.05) is 17.8 Å². The van der Waals surface area contributed by atoms with Crippen LogP contribution >= 0.6 is 11.8 Å². The molecule has 0 aliphatic carbocycles. The second-order valence-corrected chi connectivity index (χ2v) is 8.60. The van der Waals surface area contributed by atoms with Gasteiger partial charge in [-0.05, 0) is 49.7 Å². The zero-order valence-corrected chi connectivity index (χ0v) is 20.6. The van der Waals surface area contributed by atoms with Crippen LogP contribution in [0.3, 0.4) is 0 Å². The first-order chi connectivity index (χ1) is 16.8. The highest BCUT2D eigenvalue weighted by Gasteiger charge is 2.21. The molecule has 0 saturated heterocycles. The van der Waals surface area contributed by atoms with Crippen LogP contribution in [0, 0.1) is 6.92 Å². The largest absolute Gasteiger partial charge is 0.465 e. The molecule has 3 aromatic rings. The first-order valence-electron chi connectivity index (χ1n) is 10.9. The number of benzene rings is 2. The number of allylic oxidation sites excluding steroid dienone is 1. The smallest absolute Gasteiger partial charge is 0.337 e. The van der Waals surface area contributed by atoms with Gasteiger partial charge in [-0.1, -0.05) is 36.0 Å². The summed E-state index contributed by atoms with van der Waals surface area (Å²) in [5.74, 6) is -0.224. The van der Waals surface area contributed by atoms with E-state index in [0.29, 0.717) is 34.3 Å². The summed E-state index contributed by atoms with van der Waals surface area (Å²) in [4.78, 5) is 36.7. The minimum atomic E-state index is -0.444. The molecule has 182 valence electrons. The molecule has 0 spiro atoms. The molecular formula is C25H27N5O4S. The van der Waals surface area contributed by atoms with Gasteiger partial charge in [0.25, 0.3) is 5.91 Å². The van der Waals surface area contributed by atoms with Crippen molar-refractivity contribution >= 4 is 35.2 Å². The van der Waals surface area contributed by atoms with E-state index in [0.717, 1.165) is 5.56 Å². The molecule has 0 bridgehead atoms. The maximum absolute atomic E-state index is 12.7. The van der Waals surface area contributed by atoms with Gasteiger partial charge in [-0.3, -0.25) is 9.59 Å². The SMILES string of the molecule is C=CCn1c(SCC(=O)Nc2ccc(C(=O)OC)cc2)nnc1[C@H](C)NC(=O)c1ccccc1C. The van der Waals surface area contributed by atoms with Crippen LogP contribution in [0.15, 0.2) is 66.3 Å². The molecule has 1 heterocycles. The monoisotopic (exact) mass is 493 g/mol. The fraction of sp³-hybridized carbons (Fsp3) is 0.240. The standard InChI is InChI=1S/C25H27N5O4S/c1-5-14-30-22(17(3)26-23(32)20-9-7-6-8-16(20)2)28-29-25(30)35-15-21(31)27-19-12-10-18(11-13-19)24(33)34-4/h5-13,17H,1,14-15H2,2-4H3,(H,26,32)(H,27,31)/t17-/m0/s1. The molecule has 10 heteroatoms. The van der Waals surface area contributed by atoms with E-state index in [4.69, 9.17) is 0 Å². The fourth-order valence-electron chi connectivity index (χ4n) is 3.33. The van der Waals surface area contributed by atoms with Gasteiger partial charge in [0.1, 0.15) is 0 Å². The van der Waals surface area contributed by atoms with Crippen molar-refractivity contribution in [2.24, 2.45) is 0 Å². The fourth-order valence-corrected chi connectivity index (χ4v) is 4.08. The van der Waals surface area contributed by atoms with Crippen molar-refractivity contribution in [3.05, 3.63) is 83.7 Å². The van der Waals surface area contributed by atoms with Crippen LogP contribution < -0.4 is 10.6 Å². The number of aryl methyl sites for hydroxylation is 1. The molecule has 1 aromatic heterocycles. The Hall–Kier alpha value is -3.92. The predicted molar refractivity (Wildman–Crippen MR) is 134 cm³/mol. The quantitative estimate of drug-likeness (QED) is 0.251.